The van der Waals surface area contributed by atoms with Crippen molar-refractivity contribution in [3.8, 4) is 5.75 Å². The maximum atomic E-state index is 13.4. The number of methoxy groups -OCH3 is 1. The van der Waals surface area contributed by atoms with E-state index in [2.05, 4.69) is 0 Å². The first-order valence-electron chi connectivity index (χ1n) is 10.2. The Morgan fingerprint density at radius 2 is 1.77 bits per heavy atom. The molecule has 4 rings (SSSR count). The molecule has 0 spiro atoms. The van der Waals surface area contributed by atoms with Crippen LogP contribution in [0.3, 0.4) is 0 Å². The minimum atomic E-state index is -4.60. The quantitative estimate of drug-likeness (QED) is 0.745. The fourth-order valence-corrected chi connectivity index (χ4v) is 4.77. The number of carbonyl (C=O) groups is 1. The number of ether oxygens (including phenoxy) is 2. The van der Waals surface area contributed by atoms with Gasteiger partial charge < -0.3 is 19.5 Å². The molecule has 2 aliphatic rings. The SMILES string of the molecule is COc1ccc(C2(O)CC3CCC(C2)N3C(=O)OCc2ccccc2)cc1C(F)(F)F. The number of amides is 1. The van der Waals surface area contributed by atoms with E-state index < -0.39 is 23.4 Å². The molecule has 2 aliphatic heterocycles. The van der Waals surface area contributed by atoms with E-state index >= 15 is 0 Å². The van der Waals surface area contributed by atoms with Crippen molar-refractivity contribution in [1.82, 2.24) is 4.90 Å². The number of aliphatic hydroxyl groups is 1. The van der Waals surface area contributed by atoms with Gasteiger partial charge in [-0.2, -0.15) is 13.2 Å². The monoisotopic (exact) mass is 435 g/mol. The number of rotatable bonds is 4. The first-order valence-corrected chi connectivity index (χ1v) is 10.2. The van der Waals surface area contributed by atoms with Gasteiger partial charge in [0.2, 0.25) is 0 Å². The van der Waals surface area contributed by atoms with Crippen molar-refractivity contribution in [2.24, 2.45) is 0 Å². The van der Waals surface area contributed by atoms with Crippen LogP contribution in [-0.2, 0) is 23.1 Å². The molecule has 2 fully saturated rings. The molecule has 0 aliphatic carbocycles. The fraction of sp³-hybridized carbons (Fsp3) is 0.435. The predicted octanol–water partition coefficient (Wildman–Crippen LogP) is 4.87. The van der Waals surface area contributed by atoms with Crippen LogP contribution in [0.15, 0.2) is 48.5 Å². The number of carbonyl (C=O) groups excluding carboxylic acids is 1. The van der Waals surface area contributed by atoms with Crippen LogP contribution in [0, 0.1) is 0 Å². The van der Waals surface area contributed by atoms with Gasteiger partial charge in [-0.25, -0.2) is 4.79 Å². The van der Waals surface area contributed by atoms with Crippen LogP contribution in [0.25, 0.3) is 0 Å². The Morgan fingerprint density at radius 3 is 2.35 bits per heavy atom. The van der Waals surface area contributed by atoms with Crippen molar-refractivity contribution in [2.75, 3.05) is 7.11 Å². The third kappa shape index (κ3) is 4.21. The summed E-state index contributed by atoms with van der Waals surface area (Å²) in [6.45, 7) is 0.146. The lowest BCUT2D eigenvalue weighted by Gasteiger charge is -2.43. The van der Waals surface area contributed by atoms with E-state index in [0.717, 1.165) is 11.6 Å². The molecular formula is C23H24F3NO4. The summed E-state index contributed by atoms with van der Waals surface area (Å²) < 4.78 is 50.6. The van der Waals surface area contributed by atoms with Crippen molar-refractivity contribution in [2.45, 2.75) is 56.2 Å². The van der Waals surface area contributed by atoms with E-state index in [-0.39, 0.29) is 42.8 Å². The zero-order valence-corrected chi connectivity index (χ0v) is 17.1. The van der Waals surface area contributed by atoms with Gasteiger partial charge >= 0.3 is 12.3 Å². The van der Waals surface area contributed by atoms with Crippen molar-refractivity contribution in [3.05, 3.63) is 65.2 Å². The van der Waals surface area contributed by atoms with E-state index in [4.69, 9.17) is 9.47 Å². The topological polar surface area (TPSA) is 59.0 Å². The molecular weight excluding hydrogens is 411 g/mol. The van der Waals surface area contributed by atoms with Crippen LogP contribution in [0.1, 0.15) is 42.4 Å². The van der Waals surface area contributed by atoms with E-state index in [1.165, 1.54) is 19.2 Å². The highest BCUT2D eigenvalue weighted by molar-refractivity contribution is 5.69. The van der Waals surface area contributed by atoms with Crippen LogP contribution in [0.2, 0.25) is 0 Å². The molecule has 31 heavy (non-hydrogen) atoms. The average Bonchev–Trinajstić information content (AvgIpc) is 3.03. The molecule has 5 nitrogen and oxygen atoms in total. The van der Waals surface area contributed by atoms with E-state index in [9.17, 15) is 23.1 Å². The summed E-state index contributed by atoms with van der Waals surface area (Å²) in [5.74, 6) is -0.287. The molecule has 2 bridgehead atoms. The summed E-state index contributed by atoms with van der Waals surface area (Å²) in [4.78, 5) is 14.4. The molecule has 2 unspecified atom stereocenters. The van der Waals surface area contributed by atoms with Crippen LogP contribution in [0.5, 0.6) is 5.75 Å². The Bertz CT molecular complexity index is 934. The molecule has 2 aromatic carbocycles. The second-order valence-electron chi connectivity index (χ2n) is 8.19. The predicted molar refractivity (Wildman–Crippen MR) is 106 cm³/mol. The molecule has 8 heteroatoms. The van der Waals surface area contributed by atoms with Gasteiger partial charge in [-0.05, 0) is 36.1 Å². The molecule has 2 heterocycles. The number of fused-ring (bicyclic) bond motifs is 2. The summed E-state index contributed by atoms with van der Waals surface area (Å²) >= 11 is 0. The van der Waals surface area contributed by atoms with Crippen LogP contribution < -0.4 is 4.74 Å². The molecule has 1 amide bonds. The number of hydrogen-bond acceptors (Lipinski definition) is 4. The number of nitrogens with zero attached hydrogens (tertiary/aromatic N) is 1. The van der Waals surface area contributed by atoms with Crippen LogP contribution >= 0.6 is 0 Å². The van der Waals surface area contributed by atoms with Crippen LogP contribution in [-0.4, -0.2) is 35.3 Å². The molecule has 0 saturated carbocycles. The van der Waals surface area contributed by atoms with Crippen LogP contribution in [0.4, 0.5) is 18.0 Å². The standard InChI is InChI=1S/C23H24F3NO4/c1-30-20-10-7-16(11-19(20)23(24,25)26)22(29)12-17-8-9-18(13-22)27(17)21(28)31-14-15-5-3-2-4-6-15/h2-7,10-11,17-18,29H,8-9,12-14H2,1H3. The second kappa shape index (κ2) is 8.07. The van der Waals surface area contributed by atoms with Gasteiger partial charge in [0.05, 0.1) is 18.3 Å². The second-order valence-corrected chi connectivity index (χ2v) is 8.19. The number of piperidine rings is 1. The first-order chi connectivity index (χ1) is 14.7. The van der Waals surface area contributed by atoms with Gasteiger partial charge in [0.25, 0.3) is 0 Å². The van der Waals surface area contributed by atoms with Gasteiger partial charge in [-0.1, -0.05) is 36.4 Å². The Balaban J connectivity index is 1.51. The average molecular weight is 435 g/mol. The Labute approximate surface area is 178 Å². The summed E-state index contributed by atoms with van der Waals surface area (Å²) in [6.07, 6.45) is -3.38. The van der Waals surface area contributed by atoms with Gasteiger partial charge in [0.1, 0.15) is 12.4 Å². The van der Waals surface area contributed by atoms with E-state index in [1.807, 2.05) is 30.3 Å². The summed E-state index contributed by atoms with van der Waals surface area (Å²) in [5.41, 5.74) is -1.31. The van der Waals surface area contributed by atoms with E-state index in [0.29, 0.717) is 12.8 Å². The molecule has 0 radical (unpaired) electrons. The highest BCUT2D eigenvalue weighted by Crippen LogP contribution is 2.47. The van der Waals surface area contributed by atoms with Crippen molar-refractivity contribution < 1.29 is 32.5 Å². The van der Waals surface area contributed by atoms with E-state index in [1.54, 1.807) is 4.90 Å². The lowest BCUT2D eigenvalue weighted by Crippen LogP contribution is -2.52. The molecule has 2 saturated heterocycles. The number of benzene rings is 2. The van der Waals surface area contributed by atoms with Gasteiger partial charge in [0, 0.05) is 24.9 Å². The third-order valence-electron chi connectivity index (χ3n) is 6.22. The molecule has 2 aromatic rings. The first kappa shape index (κ1) is 21.5. The molecule has 2 atom stereocenters. The van der Waals surface area contributed by atoms with Crippen molar-refractivity contribution in [3.63, 3.8) is 0 Å². The van der Waals surface area contributed by atoms with Gasteiger partial charge in [-0.15, -0.1) is 0 Å². The Kier molecular flexibility index (Phi) is 5.60. The number of hydrogen-bond donors (Lipinski definition) is 1. The highest BCUT2D eigenvalue weighted by atomic mass is 19.4. The largest absolute Gasteiger partial charge is 0.496 e. The van der Waals surface area contributed by atoms with Crippen molar-refractivity contribution >= 4 is 6.09 Å². The maximum absolute atomic E-state index is 13.4. The highest BCUT2D eigenvalue weighted by Gasteiger charge is 2.51. The Morgan fingerprint density at radius 1 is 1.13 bits per heavy atom. The summed E-state index contributed by atoms with van der Waals surface area (Å²) in [5, 5.41) is 11.3. The molecule has 166 valence electrons. The normalized spacial score (nSPS) is 25.4. The zero-order valence-electron chi connectivity index (χ0n) is 17.1. The fourth-order valence-electron chi connectivity index (χ4n) is 4.77. The zero-order chi connectivity index (χ0) is 22.2. The Hall–Kier alpha value is -2.74. The van der Waals surface area contributed by atoms with Crippen molar-refractivity contribution in [1.29, 1.82) is 0 Å². The maximum Gasteiger partial charge on any atom is 0.419 e. The van der Waals surface area contributed by atoms with Gasteiger partial charge in [-0.3, -0.25) is 0 Å². The lowest BCUT2D eigenvalue weighted by atomic mass is 9.80. The minimum absolute atomic E-state index is 0.146. The third-order valence-corrected chi connectivity index (χ3v) is 6.22. The van der Waals surface area contributed by atoms with Gasteiger partial charge in [0.15, 0.2) is 0 Å². The summed E-state index contributed by atoms with van der Waals surface area (Å²) in [7, 11) is 1.18. The smallest absolute Gasteiger partial charge is 0.419 e. The number of alkyl halides is 3. The minimum Gasteiger partial charge on any atom is -0.496 e. The molecule has 0 aromatic heterocycles. The lowest BCUT2D eigenvalue weighted by molar-refractivity contribution is -0.139. The summed E-state index contributed by atoms with van der Waals surface area (Å²) in [6, 6.07) is 12.4. The number of halogens is 3. The molecule has 1 N–H and O–H groups in total.